The van der Waals surface area contributed by atoms with Crippen LogP contribution < -0.4 is 24.7 Å². The molecule has 1 fully saturated rings. The third kappa shape index (κ3) is 4.59. The summed E-state index contributed by atoms with van der Waals surface area (Å²) in [5.74, 6) is 1.15. The number of methoxy groups -OCH3 is 3. The van der Waals surface area contributed by atoms with Gasteiger partial charge in [-0.3, -0.25) is 9.59 Å². The molecule has 30 heavy (non-hydrogen) atoms. The molecule has 0 aliphatic carbocycles. The van der Waals surface area contributed by atoms with E-state index in [9.17, 15) is 9.59 Å². The Labute approximate surface area is 175 Å². The highest BCUT2D eigenvalue weighted by atomic mass is 16.5. The predicted molar refractivity (Wildman–Crippen MR) is 110 cm³/mol. The zero-order valence-corrected chi connectivity index (χ0v) is 17.3. The molecule has 1 saturated heterocycles. The maximum absolute atomic E-state index is 13.1. The smallest absolute Gasteiger partial charge is 0.255 e. The molecule has 2 amide bonds. The van der Waals surface area contributed by atoms with Crippen molar-refractivity contribution in [2.24, 2.45) is 5.73 Å². The molecule has 0 saturated carbocycles. The minimum Gasteiger partial charge on any atom is -0.497 e. The van der Waals surface area contributed by atoms with Gasteiger partial charge in [-0.25, -0.2) is 0 Å². The number of nitrogens with two attached hydrogens (primary N) is 1. The lowest BCUT2D eigenvalue weighted by Crippen LogP contribution is -2.28. The zero-order chi connectivity index (χ0) is 21.7. The van der Waals surface area contributed by atoms with Gasteiger partial charge in [0.25, 0.3) is 11.8 Å². The summed E-state index contributed by atoms with van der Waals surface area (Å²) in [6.45, 7) is 0.950. The van der Waals surface area contributed by atoms with Crippen molar-refractivity contribution in [2.45, 2.75) is 12.3 Å². The topological polar surface area (TPSA) is 100 Å². The second kappa shape index (κ2) is 9.39. The number of hydrogen-bond acceptors (Lipinski definition) is 6. The van der Waals surface area contributed by atoms with Gasteiger partial charge in [0, 0.05) is 24.6 Å². The van der Waals surface area contributed by atoms with E-state index in [-0.39, 0.29) is 24.2 Å². The third-order valence-corrected chi connectivity index (χ3v) is 5.13. The van der Waals surface area contributed by atoms with Crippen LogP contribution >= 0.6 is 0 Å². The van der Waals surface area contributed by atoms with E-state index in [0.717, 1.165) is 12.2 Å². The SMILES string of the molecule is COc1ccc(C2CCN(C(=O)c3cc(OC)c(OCC(N)=O)c(OC)c3)C2)cc1. The Bertz CT molecular complexity index is 887. The normalized spacial score (nSPS) is 15.6. The standard InChI is InChI=1S/C22H26N2O6/c1-27-17-6-4-14(5-7-17)15-8-9-24(12-15)22(26)16-10-18(28-2)21(19(11-16)29-3)30-13-20(23)25/h4-7,10-11,15H,8-9,12-13H2,1-3H3,(H2,23,25). The van der Waals surface area contributed by atoms with E-state index < -0.39 is 5.91 Å². The Hall–Kier alpha value is -3.42. The predicted octanol–water partition coefficient (Wildman–Crippen LogP) is 2.21. The molecule has 3 rings (SSSR count). The van der Waals surface area contributed by atoms with Crippen molar-refractivity contribution in [1.82, 2.24) is 4.90 Å². The van der Waals surface area contributed by atoms with Gasteiger partial charge in [0.05, 0.1) is 21.3 Å². The van der Waals surface area contributed by atoms with Gasteiger partial charge in [0.15, 0.2) is 18.1 Å². The minimum atomic E-state index is -0.624. The van der Waals surface area contributed by atoms with Gasteiger partial charge in [0.1, 0.15) is 5.75 Å². The van der Waals surface area contributed by atoms with Crippen LogP contribution in [0.2, 0.25) is 0 Å². The number of benzene rings is 2. The van der Waals surface area contributed by atoms with Gasteiger partial charge in [-0.05, 0) is 36.2 Å². The first-order chi connectivity index (χ1) is 14.5. The lowest BCUT2D eigenvalue weighted by molar-refractivity contribution is -0.120. The molecule has 0 aromatic heterocycles. The fourth-order valence-electron chi connectivity index (χ4n) is 3.56. The van der Waals surface area contributed by atoms with Crippen LogP contribution in [0.15, 0.2) is 36.4 Å². The Morgan fingerprint density at radius 2 is 1.67 bits per heavy atom. The number of nitrogens with zero attached hydrogens (tertiary/aromatic N) is 1. The molecule has 2 aromatic rings. The molecule has 0 spiro atoms. The number of hydrogen-bond donors (Lipinski definition) is 1. The summed E-state index contributed by atoms with van der Waals surface area (Å²) in [6.07, 6.45) is 0.881. The molecule has 0 bridgehead atoms. The van der Waals surface area contributed by atoms with E-state index in [0.29, 0.717) is 30.2 Å². The number of likely N-dealkylation sites (tertiary alicyclic amines) is 1. The maximum Gasteiger partial charge on any atom is 0.255 e. The Morgan fingerprint density at radius 1 is 1.03 bits per heavy atom. The lowest BCUT2D eigenvalue weighted by Gasteiger charge is -2.19. The molecule has 160 valence electrons. The Morgan fingerprint density at radius 3 is 2.20 bits per heavy atom. The van der Waals surface area contributed by atoms with Crippen molar-refractivity contribution in [3.8, 4) is 23.0 Å². The third-order valence-electron chi connectivity index (χ3n) is 5.13. The van der Waals surface area contributed by atoms with Crippen LogP contribution in [0.25, 0.3) is 0 Å². The fraction of sp³-hybridized carbons (Fsp3) is 0.364. The van der Waals surface area contributed by atoms with Crippen molar-refractivity contribution >= 4 is 11.8 Å². The van der Waals surface area contributed by atoms with Gasteiger partial charge in [-0.15, -0.1) is 0 Å². The molecule has 2 N–H and O–H groups in total. The van der Waals surface area contributed by atoms with Crippen molar-refractivity contribution in [1.29, 1.82) is 0 Å². The quantitative estimate of drug-likeness (QED) is 0.711. The first-order valence-electron chi connectivity index (χ1n) is 9.57. The van der Waals surface area contributed by atoms with Crippen LogP contribution in [0, 0.1) is 0 Å². The molecule has 8 heteroatoms. The second-order valence-corrected chi connectivity index (χ2v) is 6.97. The molecular weight excluding hydrogens is 388 g/mol. The number of primary amides is 1. The summed E-state index contributed by atoms with van der Waals surface area (Å²) in [4.78, 5) is 26.0. The van der Waals surface area contributed by atoms with Crippen molar-refractivity contribution in [2.75, 3.05) is 41.0 Å². The average Bonchev–Trinajstić information content (AvgIpc) is 3.26. The van der Waals surface area contributed by atoms with Gasteiger partial charge >= 0.3 is 0 Å². The molecule has 8 nitrogen and oxygen atoms in total. The summed E-state index contributed by atoms with van der Waals surface area (Å²) < 4.78 is 21.3. The van der Waals surface area contributed by atoms with Crippen LogP contribution in [0.3, 0.4) is 0 Å². The second-order valence-electron chi connectivity index (χ2n) is 6.97. The average molecular weight is 414 g/mol. The Kier molecular flexibility index (Phi) is 6.66. The van der Waals surface area contributed by atoms with Gasteiger partial charge in [-0.1, -0.05) is 12.1 Å². The number of carbonyl (C=O) groups is 2. The van der Waals surface area contributed by atoms with Gasteiger partial charge < -0.3 is 29.6 Å². The maximum atomic E-state index is 13.1. The first kappa shape index (κ1) is 21.3. The van der Waals surface area contributed by atoms with E-state index in [1.807, 2.05) is 29.2 Å². The molecular formula is C22H26N2O6. The largest absolute Gasteiger partial charge is 0.497 e. The summed E-state index contributed by atoms with van der Waals surface area (Å²) in [7, 11) is 4.54. The number of amides is 2. The fourth-order valence-corrected chi connectivity index (χ4v) is 3.56. The molecule has 1 aliphatic heterocycles. The first-order valence-corrected chi connectivity index (χ1v) is 9.57. The van der Waals surface area contributed by atoms with E-state index in [4.69, 9.17) is 24.7 Å². The molecule has 1 atom stereocenters. The number of ether oxygens (including phenoxy) is 4. The van der Waals surface area contributed by atoms with Gasteiger partial charge in [-0.2, -0.15) is 0 Å². The summed E-state index contributed by atoms with van der Waals surface area (Å²) in [5, 5.41) is 0. The zero-order valence-electron chi connectivity index (χ0n) is 17.3. The highest BCUT2D eigenvalue weighted by molar-refractivity contribution is 5.96. The van der Waals surface area contributed by atoms with Crippen LogP contribution in [-0.2, 0) is 4.79 Å². The van der Waals surface area contributed by atoms with Crippen LogP contribution in [0.5, 0.6) is 23.0 Å². The van der Waals surface area contributed by atoms with Crippen LogP contribution in [0.4, 0.5) is 0 Å². The van der Waals surface area contributed by atoms with Crippen LogP contribution in [0.1, 0.15) is 28.3 Å². The highest BCUT2D eigenvalue weighted by Gasteiger charge is 2.29. The monoisotopic (exact) mass is 414 g/mol. The van der Waals surface area contributed by atoms with Crippen molar-refractivity contribution in [3.05, 3.63) is 47.5 Å². The van der Waals surface area contributed by atoms with Crippen molar-refractivity contribution < 1.29 is 28.5 Å². The Balaban J connectivity index is 1.78. The molecule has 2 aromatic carbocycles. The minimum absolute atomic E-state index is 0.121. The summed E-state index contributed by atoms with van der Waals surface area (Å²) in [6, 6.07) is 11.1. The van der Waals surface area contributed by atoms with E-state index >= 15 is 0 Å². The molecule has 1 unspecified atom stereocenters. The number of rotatable bonds is 8. The molecule has 0 radical (unpaired) electrons. The molecule has 1 heterocycles. The van der Waals surface area contributed by atoms with Crippen molar-refractivity contribution in [3.63, 3.8) is 0 Å². The lowest BCUT2D eigenvalue weighted by atomic mass is 9.98. The van der Waals surface area contributed by atoms with E-state index in [2.05, 4.69) is 0 Å². The highest BCUT2D eigenvalue weighted by Crippen LogP contribution is 2.39. The summed E-state index contributed by atoms with van der Waals surface area (Å²) >= 11 is 0. The molecule has 1 aliphatic rings. The number of carbonyl (C=O) groups excluding carboxylic acids is 2. The van der Waals surface area contributed by atoms with E-state index in [1.54, 1.807) is 19.2 Å². The summed E-state index contributed by atoms with van der Waals surface area (Å²) in [5.41, 5.74) is 6.75. The van der Waals surface area contributed by atoms with Gasteiger partial charge in [0.2, 0.25) is 5.75 Å². The van der Waals surface area contributed by atoms with Crippen LogP contribution in [-0.4, -0.2) is 57.7 Å². The van der Waals surface area contributed by atoms with E-state index in [1.165, 1.54) is 19.8 Å².